The van der Waals surface area contributed by atoms with Gasteiger partial charge in [0.15, 0.2) is 0 Å². The predicted molar refractivity (Wildman–Crippen MR) is 91.7 cm³/mol. The van der Waals surface area contributed by atoms with Crippen molar-refractivity contribution in [1.82, 2.24) is 9.62 Å². The van der Waals surface area contributed by atoms with E-state index in [0.717, 1.165) is 31.2 Å². The van der Waals surface area contributed by atoms with Crippen LogP contribution in [-0.2, 0) is 15.8 Å². The van der Waals surface area contributed by atoms with Gasteiger partial charge in [0.25, 0.3) is 5.91 Å². The third kappa shape index (κ3) is 4.78. The topological polar surface area (TPSA) is 66.5 Å². The van der Waals surface area contributed by atoms with Crippen LogP contribution in [0.4, 0.5) is 0 Å². The molecule has 0 saturated carbocycles. The van der Waals surface area contributed by atoms with Crippen LogP contribution in [0.1, 0.15) is 55.5 Å². The Bertz CT molecular complexity index is 616. The number of benzene rings is 1. The van der Waals surface area contributed by atoms with E-state index in [1.54, 1.807) is 28.6 Å². The fourth-order valence-corrected chi connectivity index (χ4v) is 4.39. The molecular formula is C17H26N2O3S. The van der Waals surface area contributed by atoms with E-state index in [1.807, 2.05) is 13.8 Å². The van der Waals surface area contributed by atoms with Crippen LogP contribution in [0.2, 0.25) is 0 Å². The molecule has 1 amide bonds. The van der Waals surface area contributed by atoms with Gasteiger partial charge in [-0.1, -0.05) is 26.0 Å². The number of rotatable bonds is 7. The molecule has 0 aromatic heterocycles. The minimum Gasteiger partial charge on any atom is -0.349 e. The van der Waals surface area contributed by atoms with E-state index in [0.29, 0.717) is 18.7 Å². The van der Waals surface area contributed by atoms with E-state index < -0.39 is 10.0 Å². The van der Waals surface area contributed by atoms with Gasteiger partial charge in [-0.15, -0.1) is 0 Å². The summed E-state index contributed by atoms with van der Waals surface area (Å²) in [6.07, 6.45) is 3.67. The Morgan fingerprint density at radius 1 is 1.13 bits per heavy atom. The molecule has 1 aliphatic heterocycles. The number of nitrogens with zero attached hydrogens (tertiary/aromatic N) is 1. The highest BCUT2D eigenvalue weighted by Crippen LogP contribution is 2.17. The lowest BCUT2D eigenvalue weighted by Gasteiger charge is -2.16. The number of carbonyl (C=O) groups excluding carboxylic acids is 1. The highest BCUT2D eigenvalue weighted by Gasteiger charge is 2.25. The molecule has 1 heterocycles. The smallest absolute Gasteiger partial charge is 0.251 e. The predicted octanol–water partition coefficient (Wildman–Crippen LogP) is 2.53. The Labute approximate surface area is 139 Å². The first kappa shape index (κ1) is 17.9. The lowest BCUT2D eigenvalue weighted by Crippen LogP contribution is -2.33. The van der Waals surface area contributed by atoms with Crippen molar-refractivity contribution >= 4 is 15.9 Å². The van der Waals surface area contributed by atoms with Crippen molar-refractivity contribution in [2.45, 2.75) is 51.3 Å². The van der Waals surface area contributed by atoms with E-state index >= 15 is 0 Å². The molecule has 128 valence electrons. The van der Waals surface area contributed by atoms with Crippen LogP contribution in [-0.4, -0.2) is 37.8 Å². The van der Waals surface area contributed by atoms with Crippen LogP contribution in [0.3, 0.4) is 0 Å². The average Bonchev–Trinajstić information content (AvgIpc) is 3.08. The minimum atomic E-state index is -3.24. The van der Waals surface area contributed by atoms with Gasteiger partial charge >= 0.3 is 0 Å². The summed E-state index contributed by atoms with van der Waals surface area (Å²) in [5.41, 5.74) is 1.29. The average molecular weight is 338 g/mol. The van der Waals surface area contributed by atoms with Crippen molar-refractivity contribution in [2.75, 3.05) is 13.1 Å². The van der Waals surface area contributed by atoms with Gasteiger partial charge in [0.05, 0.1) is 5.75 Å². The molecule has 0 spiro atoms. The Morgan fingerprint density at radius 2 is 1.70 bits per heavy atom. The fourth-order valence-electron chi connectivity index (χ4n) is 2.78. The summed E-state index contributed by atoms with van der Waals surface area (Å²) >= 11 is 0. The molecule has 1 aromatic carbocycles. The maximum Gasteiger partial charge on any atom is 0.251 e. The van der Waals surface area contributed by atoms with Crippen molar-refractivity contribution in [3.8, 4) is 0 Å². The van der Waals surface area contributed by atoms with Crippen LogP contribution >= 0.6 is 0 Å². The summed E-state index contributed by atoms with van der Waals surface area (Å²) in [4.78, 5) is 12.1. The largest absolute Gasteiger partial charge is 0.349 e. The molecular weight excluding hydrogens is 312 g/mol. The highest BCUT2D eigenvalue weighted by molar-refractivity contribution is 7.88. The monoisotopic (exact) mass is 338 g/mol. The van der Waals surface area contributed by atoms with Crippen molar-refractivity contribution in [2.24, 2.45) is 0 Å². The normalized spacial score (nSPS) is 16.0. The number of nitrogens with one attached hydrogen (secondary N) is 1. The van der Waals surface area contributed by atoms with Crippen LogP contribution in [0, 0.1) is 0 Å². The summed E-state index contributed by atoms with van der Waals surface area (Å²) in [5, 5.41) is 2.98. The van der Waals surface area contributed by atoms with Gasteiger partial charge in [0, 0.05) is 24.7 Å². The molecule has 0 unspecified atom stereocenters. The number of amides is 1. The maximum atomic E-state index is 12.3. The Kier molecular flexibility index (Phi) is 6.18. The zero-order valence-electron chi connectivity index (χ0n) is 13.9. The van der Waals surface area contributed by atoms with Crippen molar-refractivity contribution in [3.05, 3.63) is 35.4 Å². The summed E-state index contributed by atoms with van der Waals surface area (Å²) < 4.78 is 26.1. The minimum absolute atomic E-state index is 0.00143. The van der Waals surface area contributed by atoms with Crippen molar-refractivity contribution < 1.29 is 13.2 Å². The summed E-state index contributed by atoms with van der Waals surface area (Å²) in [6, 6.07) is 7.04. The SMILES string of the molecule is CCC(CC)NC(=O)c1ccc(CS(=O)(=O)N2CCCC2)cc1. The molecule has 1 N–H and O–H groups in total. The second kappa shape index (κ2) is 7.93. The third-order valence-corrected chi connectivity index (χ3v) is 6.19. The van der Waals surface area contributed by atoms with E-state index in [2.05, 4.69) is 5.32 Å². The van der Waals surface area contributed by atoms with Gasteiger partial charge in [-0.05, 0) is 43.4 Å². The molecule has 2 rings (SSSR count). The highest BCUT2D eigenvalue weighted by atomic mass is 32.2. The first-order chi connectivity index (χ1) is 11.0. The molecule has 1 fully saturated rings. The Morgan fingerprint density at radius 3 is 2.22 bits per heavy atom. The molecule has 1 saturated heterocycles. The van der Waals surface area contributed by atoms with Gasteiger partial charge in [-0.2, -0.15) is 0 Å². The molecule has 0 aliphatic carbocycles. The van der Waals surface area contributed by atoms with E-state index in [-0.39, 0.29) is 17.7 Å². The molecule has 0 radical (unpaired) electrons. The second-order valence-electron chi connectivity index (χ2n) is 6.05. The zero-order valence-corrected chi connectivity index (χ0v) is 14.7. The molecule has 23 heavy (non-hydrogen) atoms. The number of sulfonamides is 1. The van der Waals surface area contributed by atoms with Gasteiger partial charge in [-0.3, -0.25) is 4.79 Å². The van der Waals surface area contributed by atoms with Gasteiger partial charge in [0.1, 0.15) is 0 Å². The Balaban J connectivity index is 2.00. The maximum absolute atomic E-state index is 12.3. The third-order valence-electron chi connectivity index (χ3n) is 4.34. The van der Waals surface area contributed by atoms with Crippen molar-refractivity contribution in [3.63, 3.8) is 0 Å². The first-order valence-corrected chi connectivity index (χ1v) is 9.94. The molecule has 0 bridgehead atoms. The van der Waals surface area contributed by atoms with Crippen LogP contribution in [0.15, 0.2) is 24.3 Å². The second-order valence-corrected chi connectivity index (χ2v) is 8.02. The van der Waals surface area contributed by atoms with E-state index in [9.17, 15) is 13.2 Å². The molecule has 1 aromatic rings. The summed E-state index contributed by atoms with van der Waals surface area (Å²) in [5.74, 6) is -0.103. The number of hydrogen-bond acceptors (Lipinski definition) is 3. The van der Waals surface area contributed by atoms with Gasteiger partial charge in [-0.25, -0.2) is 12.7 Å². The van der Waals surface area contributed by atoms with Gasteiger partial charge < -0.3 is 5.32 Å². The summed E-state index contributed by atoms with van der Waals surface area (Å²) in [7, 11) is -3.24. The molecule has 6 heteroatoms. The van der Waals surface area contributed by atoms with Gasteiger partial charge in [0.2, 0.25) is 10.0 Å². The quantitative estimate of drug-likeness (QED) is 0.831. The zero-order chi connectivity index (χ0) is 16.9. The lowest BCUT2D eigenvalue weighted by atomic mass is 10.1. The summed E-state index contributed by atoms with van der Waals surface area (Å²) in [6.45, 7) is 5.33. The van der Waals surface area contributed by atoms with Crippen LogP contribution < -0.4 is 5.32 Å². The number of hydrogen-bond donors (Lipinski definition) is 1. The number of carbonyl (C=O) groups is 1. The van der Waals surface area contributed by atoms with E-state index in [4.69, 9.17) is 0 Å². The molecule has 0 atom stereocenters. The Hall–Kier alpha value is -1.40. The lowest BCUT2D eigenvalue weighted by molar-refractivity contribution is 0.0935. The van der Waals surface area contributed by atoms with Crippen LogP contribution in [0.5, 0.6) is 0 Å². The van der Waals surface area contributed by atoms with Crippen molar-refractivity contribution in [1.29, 1.82) is 0 Å². The molecule has 1 aliphatic rings. The first-order valence-electron chi connectivity index (χ1n) is 8.34. The van der Waals surface area contributed by atoms with E-state index in [1.165, 1.54) is 0 Å². The molecule has 5 nitrogen and oxygen atoms in total. The van der Waals surface area contributed by atoms with Crippen LogP contribution in [0.25, 0.3) is 0 Å². The standard InChI is InChI=1S/C17H26N2O3S/c1-3-16(4-2)18-17(20)15-9-7-14(8-10-15)13-23(21,22)19-11-5-6-12-19/h7-10,16H,3-6,11-13H2,1-2H3,(H,18,20). The fraction of sp³-hybridized carbons (Fsp3) is 0.588.